The van der Waals surface area contributed by atoms with Crippen LogP contribution in [-0.2, 0) is 4.79 Å². The topological polar surface area (TPSA) is 94.4 Å². The van der Waals surface area contributed by atoms with Gasteiger partial charge in [-0.2, -0.15) is 9.37 Å². The Bertz CT molecular complexity index is 375. The van der Waals surface area contributed by atoms with Crippen LogP contribution in [0.15, 0.2) is 15.0 Å². The van der Waals surface area contributed by atoms with Crippen LogP contribution in [-0.4, -0.2) is 22.7 Å². The molecule has 0 spiro atoms. The van der Waals surface area contributed by atoms with Gasteiger partial charge >= 0.3 is 5.97 Å². The number of carboxylic acid groups (broad SMARTS) is 1. The van der Waals surface area contributed by atoms with Gasteiger partial charge in [0.1, 0.15) is 0 Å². The molecule has 84 valence electrons. The van der Waals surface area contributed by atoms with Crippen molar-refractivity contribution in [3.63, 3.8) is 0 Å². The molecule has 1 aromatic heterocycles. The van der Waals surface area contributed by atoms with Crippen molar-refractivity contribution in [3.8, 4) is 5.88 Å². The fourth-order valence-corrected chi connectivity index (χ4v) is 1.72. The zero-order chi connectivity index (χ0) is 10.7. The molecule has 1 heterocycles. The van der Waals surface area contributed by atoms with Gasteiger partial charge in [-0.05, 0) is 37.9 Å². The normalized spacial score (nSPS) is 9.27. The van der Waals surface area contributed by atoms with Crippen LogP contribution in [0.2, 0.25) is 0 Å². The average molecular weight is 346 g/mol. The predicted octanol–water partition coefficient (Wildman–Crippen LogP) is 2.37. The molecule has 8 heteroatoms. The molecule has 0 saturated heterocycles. The minimum Gasteiger partial charge on any atom is -0.479 e. The Balaban J connectivity index is 0.00000196. The SMILES string of the molecule is N.O=C(O)COc1nc(F)c(Br)cc1Br. The third-order valence-electron chi connectivity index (χ3n) is 1.19. The Morgan fingerprint density at radius 2 is 2.13 bits per heavy atom. The number of halogens is 3. The largest absolute Gasteiger partial charge is 0.479 e. The lowest BCUT2D eigenvalue weighted by Crippen LogP contribution is -2.11. The van der Waals surface area contributed by atoms with Gasteiger partial charge in [0.2, 0.25) is 11.8 Å². The molecule has 0 saturated carbocycles. The number of hydrogen-bond donors (Lipinski definition) is 2. The number of carboxylic acids is 1. The van der Waals surface area contributed by atoms with Crippen molar-refractivity contribution in [2.45, 2.75) is 0 Å². The van der Waals surface area contributed by atoms with E-state index in [1.165, 1.54) is 6.07 Å². The van der Waals surface area contributed by atoms with E-state index in [2.05, 4.69) is 36.8 Å². The molecule has 0 atom stereocenters. The molecule has 0 aromatic carbocycles. The predicted molar refractivity (Wildman–Crippen MR) is 57.7 cm³/mol. The second kappa shape index (κ2) is 5.99. The van der Waals surface area contributed by atoms with Gasteiger partial charge in [-0.25, -0.2) is 4.79 Å². The minimum absolute atomic E-state index is 0. The summed E-state index contributed by atoms with van der Waals surface area (Å²) in [5, 5.41) is 8.32. The van der Waals surface area contributed by atoms with Crippen molar-refractivity contribution >= 4 is 37.8 Å². The molecule has 0 unspecified atom stereocenters. The second-order valence-electron chi connectivity index (χ2n) is 2.23. The highest BCUT2D eigenvalue weighted by Crippen LogP contribution is 2.27. The lowest BCUT2D eigenvalue weighted by atomic mass is 10.5. The van der Waals surface area contributed by atoms with E-state index in [0.717, 1.165) is 0 Å². The number of nitrogens with zero attached hydrogens (tertiary/aromatic N) is 1. The van der Waals surface area contributed by atoms with Gasteiger partial charge in [0, 0.05) is 0 Å². The Kier molecular flexibility index (Phi) is 5.69. The van der Waals surface area contributed by atoms with Crippen molar-refractivity contribution in [2.75, 3.05) is 6.61 Å². The van der Waals surface area contributed by atoms with E-state index in [1.807, 2.05) is 0 Å². The quantitative estimate of drug-likeness (QED) is 0.820. The zero-order valence-corrected chi connectivity index (χ0v) is 10.5. The summed E-state index contributed by atoms with van der Waals surface area (Å²) in [7, 11) is 0. The summed E-state index contributed by atoms with van der Waals surface area (Å²) in [4.78, 5) is 13.6. The molecule has 1 rings (SSSR count). The first-order valence-corrected chi connectivity index (χ1v) is 4.95. The molecule has 4 N–H and O–H groups in total. The Morgan fingerprint density at radius 3 is 2.67 bits per heavy atom. The van der Waals surface area contributed by atoms with Crippen molar-refractivity contribution in [2.24, 2.45) is 0 Å². The number of pyridine rings is 1. The minimum atomic E-state index is -1.15. The van der Waals surface area contributed by atoms with E-state index in [0.29, 0.717) is 4.47 Å². The number of carbonyl (C=O) groups is 1. The maximum absolute atomic E-state index is 12.9. The monoisotopic (exact) mass is 344 g/mol. The van der Waals surface area contributed by atoms with E-state index in [-0.39, 0.29) is 16.5 Å². The number of aromatic nitrogens is 1. The van der Waals surface area contributed by atoms with Crippen LogP contribution in [0.4, 0.5) is 4.39 Å². The average Bonchev–Trinajstić information content (AvgIpc) is 2.09. The van der Waals surface area contributed by atoms with Gasteiger partial charge in [-0.15, -0.1) is 0 Å². The standard InChI is InChI=1S/C7H4Br2FNO3.H3N/c8-3-1-4(9)7(11-6(3)10)14-2-5(12)13;/h1H,2H2,(H,12,13);1H3. The molecular formula is C7H7Br2FN2O3. The van der Waals surface area contributed by atoms with Crippen LogP contribution in [0.5, 0.6) is 5.88 Å². The molecule has 0 aliphatic heterocycles. The molecule has 15 heavy (non-hydrogen) atoms. The van der Waals surface area contributed by atoms with E-state index in [4.69, 9.17) is 9.84 Å². The van der Waals surface area contributed by atoms with Gasteiger partial charge in [0.05, 0.1) is 8.95 Å². The van der Waals surface area contributed by atoms with Gasteiger partial charge < -0.3 is 16.0 Å². The molecule has 0 radical (unpaired) electrons. The summed E-state index contributed by atoms with van der Waals surface area (Å²) >= 11 is 5.98. The first-order chi connectivity index (χ1) is 6.50. The molecule has 0 bridgehead atoms. The summed E-state index contributed by atoms with van der Waals surface area (Å²) < 4.78 is 18.1. The van der Waals surface area contributed by atoms with Crippen LogP contribution >= 0.6 is 31.9 Å². The molecule has 0 aliphatic carbocycles. The summed E-state index contributed by atoms with van der Waals surface area (Å²) in [5.74, 6) is -2.00. The smallest absolute Gasteiger partial charge is 0.341 e. The number of ether oxygens (including phenoxy) is 1. The summed E-state index contributed by atoms with van der Waals surface area (Å²) in [6.45, 7) is -0.563. The third kappa shape index (κ3) is 4.10. The third-order valence-corrected chi connectivity index (χ3v) is 2.31. The van der Waals surface area contributed by atoms with Crippen molar-refractivity contribution in [1.82, 2.24) is 11.1 Å². The fourth-order valence-electron chi connectivity index (χ4n) is 0.660. The van der Waals surface area contributed by atoms with Crippen molar-refractivity contribution in [3.05, 3.63) is 21.0 Å². The number of rotatable bonds is 3. The van der Waals surface area contributed by atoms with E-state index in [9.17, 15) is 9.18 Å². The van der Waals surface area contributed by atoms with E-state index < -0.39 is 18.5 Å². The zero-order valence-electron chi connectivity index (χ0n) is 7.34. The van der Waals surface area contributed by atoms with Gasteiger partial charge in [0.25, 0.3) is 0 Å². The van der Waals surface area contributed by atoms with Crippen LogP contribution in [0.25, 0.3) is 0 Å². The first kappa shape index (κ1) is 14.3. The van der Waals surface area contributed by atoms with Crippen LogP contribution < -0.4 is 10.9 Å². The van der Waals surface area contributed by atoms with Crippen LogP contribution in [0, 0.1) is 5.95 Å². The van der Waals surface area contributed by atoms with Crippen molar-refractivity contribution < 1.29 is 19.0 Å². The lowest BCUT2D eigenvalue weighted by Gasteiger charge is -2.04. The highest BCUT2D eigenvalue weighted by molar-refractivity contribution is 9.11. The Labute approximate surface area is 101 Å². The molecule has 0 amide bonds. The second-order valence-corrected chi connectivity index (χ2v) is 3.94. The Morgan fingerprint density at radius 1 is 1.53 bits per heavy atom. The summed E-state index contributed by atoms with van der Waals surface area (Å²) in [5.41, 5.74) is 0. The lowest BCUT2D eigenvalue weighted by molar-refractivity contribution is -0.139. The first-order valence-electron chi connectivity index (χ1n) is 3.37. The Hall–Kier alpha value is -0.730. The number of aliphatic carboxylic acids is 1. The van der Waals surface area contributed by atoms with E-state index in [1.54, 1.807) is 0 Å². The van der Waals surface area contributed by atoms with Gasteiger partial charge in [0.15, 0.2) is 6.61 Å². The number of hydrogen-bond acceptors (Lipinski definition) is 4. The summed E-state index contributed by atoms with van der Waals surface area (Å²) in [6, 6.07) is 1.39. The molecule has 1 aromatic rings. The highest BCUT2D eigenvalue weighted by Gasteiger charge is 2.10. The maximum Gasteiger partial charge on any atom is 0.341 e. The summed E-state index contributed by atoms with van der Waals surface area (Å²) in [6.07, 6.45) is 0. The molecule has 5 nitrogen and oxygen atoms in total. The molecule has 0 fully saturated rings. The fraction of sp³-hybridized carbons (Fsp3) is 0.143. The van der Waals surface area contributed by atoms with Gasteiger partial charge in [-0.3, -0.25) is 0 Å². The highest BCUT2D eigenvalue weighted by atomic mass is 79.9. The van der Waals surface area contributed by atoms with Crippen LogP contribution in [0.3, 0.4) is 0 Å². The van der Waals surface area contributed by atoms with Crippen molar-refractivity contribution in [1.29, 1.82) is 0 Å². The molecular weight excluding hydrogens is 339 g/mol. The van der Waals surface area contributed by atoms with E-state index >= 15 is 0 Å². The molecule has 0 aliphatic rings. The van der Waals surface area contributed by atoms with Crippen LogP contribution in [0.1, 0.15) is 0 Å². The maximum atomic E-state index is 12.9. The van der Waals surface area contributed by atoms with Gasteiger partial charge in [-0.1, -0.05) is 0 Å².